The van der Waals surface area contributed by atoms with E-state index >= 15 is 0 Å². The first kappa shape index (κ1) is 16.7. The molecule has 24 heavy (non-hydrogen) atoms. The smallest absolute Gasteiger partial charge is 0.224 e. The van der Waals surface area contributed by atoms with Crippen molar-refractivity contribution in [2.45, 2.75) is 32.2 Å². The molecule has 0 saturated carbocycles. The molecular formula is C17H22N4O2S. The topological polar surface area (TPSA) is 63.1 Å². The minimum atomic E-state index is 0.193. The molecule has 1 aromatic carbocycles. The second kappa shape index (κ2) is 7.61. The van der Waals surface area contributed by atoms with Gasteiger partial charge in [-0.1, -0.05) is 0 Å². The third kappa shape index (κ3) is 3.67. The van der Waals surface area contributed by atoms with Crippen molar-refractivity contribution in [2.24, 2.45) is 0 Å². The zero-order chi connectivity index (χ0) is 16.9. The number of aromatic amines is 1. The highest BCUT2D eigenvalue weighted by atomic mass is 32.1. The summed E-state index contributed by atoms with van der Waals surface area (Å²) in [5, 5.41) is 7.14. The number of likely N-dealkylation sites (tertiary alicyclic amines) is 1. The number of amides is 1. The summed E-state index contributed by atoms with van der Waals surface area (Å²) in [7, 11) is 1.64. The van der Waals surface area contributed by atoms with Gasteiger partial charge in [-0.25, -0.2) is 0 Å². The van der Waals surface area contributed by atoms with Crippen LogP contribution in [0, 0.1) is 4.77 Å². The van der Waals surface area contributed by atoms with Crippen LogP contribution in [0.25, 0.3) is 11.4 Å². The summed E-state index contributed by atoms with van der Waals surface area (Å²) in [6.45, 7) is 2.29. The van der Waals surface area contributed by atoms with Crippen molar-refractivity contribution < 1.29 is 9.53 Å². The number of nitrogens with zero attached hydrogens (tertiary/aromatic N) is 3. The lowest BCUT2D eigenvalue weighted by Gasteiger charge is -2.26. The van der Waals surface area contributed by atoms with Gasteiger partial charge in [-0.15, -0.1) is 0 Å². The second-order valence-electron chi connectivity index (χ2n) is 5.92. The number of hydrogen-bond acceptors (Lipinski definition) is 4. The molecule has 2 aromatic rings. The summed E-state index contributed by atoms with van der Waals surface area (Å²) in [6, 6.07) is 7.64. The summed E-state index contributed by atoms with van der Waals surface area (Å²) >= 11 is 5.33. The third-order valence-corrected chi connectivity index (χ3v) is 4.68. The van der Waals surface area contributed by atoms with Crippen LogP contribution in [-0.4, -0.2) is 45.8 Å². The van der Waals surface area contributed by atoms with Crippen molar-refractivity contribution in [3.63, 3.8) is 0 Å². The molecule has 1 N–H and O–H groups in total. The fourth-order valence-corrected chi connectivity index (χ4v) is 3.22. The zero-order valence-corrected chi connectivity index (χ0v) is 14.6. The van der Waals surface area contributed by atoms with E-state index in [-0.39, 0.29) is 5.91 Å². The number of rotatable bonds is 5. The Balaban J connectivity index is 1.72. The van der Waals surface area contributed by atoms with Crippen molar-refractivity contribution >= 4 is 18.1 Å². The van der Waals surface area contributed by atoms with Gasteiger partial charge >= 0.3 is 0 Å². The number of carbonyl (C=O) groups excluding carboxylic acids is 1. The van der Waals surface area contributed by atoms with Gasteiger partial charge in [-0.2, -0.15) is 5.10 Å². The Bertz CT molecular complexity index is 745. The van der Waals surface area contributed by atoms with Crippen LogP contribution in [0.15, 0.2) is 24.3 Å². The predicted octanol–water partition coefficient (Wildman–Crippen LogP) is 3.02. The Morgan fingerprint density at radius 2 is 1.96 bits per heavy atom. The lowest BCUT2D eigenvalue weighted by Crippen LogP contribution is -2.36. The molecule has 1 aliphatic rings. The molecule has 0 bridgehead atoms. The first-order valence-corrected chi connectivity index (χ1v) is 8.67. The number of benzene rings is 1. The Labute approximate surface area is 146 Å². The molecule has 0 unspecified atom stereocenters. The van der Waals surface area contributed by atoms with Crippen molar-refractivity contribution in [3.05, 3.63) is 29.0 Å². The molecule has 1 saturated heterocycles. The van der Waals surface area contributed by atoms with Crippen LogP contribution in [0.5, 0.6) is 5.75 Å². The van der Waals surface area contributed by atoms with Gasteiger partial charge in [0.15, 0.2) is 10.6 Å². The first-order chi connectivity index (χ1) is 11.7. The number of carbonyl (C=O) groups is 1. The van der Waals surface area contributed by atoms with E-state index in [9.17, 15) is 4.79 Å². The van der Waals surface area contributed by atoms with E-state index in [0.717, 1.165) is 43.1 Å². The fraction of sp³-hybridized carbons (Fsp3) is 0.471. The van der Waals surface area contributed by atoms with Crippen molar-refractivity contribution in [2.75, 3.05) is 20.2 Å². The number of aromatic nitrogens is 3. The quantitative estimate of drug-likeness (QED) is 0.845. The maximum atomic E-state index is 12.4. The fourth-order valence-electron chi connectivity index (χ4n) is 2.99. The minimum Gasteiger partial charge on any atom is -0.497 e. The molecule has 1 fully saturated rings. The lowest BCUT2D eigenvalue weighted by atomic mass is 10.1. The molecule has 7 heteroatoms. The van der Waals surface area contributed by atoms with Crippen LogP contribution in [0.2, 0.25) is 0 Å². The average molecular weight is 346 g/mol. The molecule has 1 aromatic heterocycles. The van der Waals surface area contributed by atoms with E-state index in [0.29, 0.717) is 17.7 Å². The summed E-state index contributed by atoms with van der Waals surface area (Å²) in [6.07, 6.45) is 3.87. The summed E-state index contributed by atoms with van der Waals surface area (Å²) in [5.41, 5.74) is 0.938. The molecule has 0 atom stereocenters. The highest BCUT2D eigenvalue weighted by Gasteiger charge is 2.17. The van der Waals surface area contributed by atoms with Crippen molar-refractivity contribution in [1.29, 1.82) is 0 Å². The average Bonchev–Trinajstić information content (AvgIpc) is 3.01. The number of hydrogen-bond donors (Lipinski definition) is 1. The zero-order valence-electron chi connectivity index (χ0n) is 13.8. The summed E-state index contributed by atoms with van der Waals surface area (Å²) < 4.78 is 7.60. The maximum Gasteiger partial charge on any atom is 0.224 e. The second-order valence-corrected chi connectivity index (χ2v) is 6.31. The molecule has 2 heterocycles. The molecule has 128 valence electrons. The first-order valence-electron chi connectivity index (χ1n) is 8.26. The van der Waals surface area contributed by atoms with E-state index in [1.54, 1.807) is 7.11 Å². The Morgan fingerprint density at radius 1 is 1.25 bits per heavy atom. The number of ether oxygens (including phenoxy) is 1. The third-order valence-electron chi connectivity index (χ3n) is 4.36. The van der Waals surface area contributed by atoms with Gasteiger partial charge in [0.05, 0.1) is 7.11 Å². The Morgan fingerprint density at radius 3 is 2.62 bits per heavy atom. The van der Waals surface area contributed by atoms with Crippen LogP contribution in [-0.2, 0) is 11.3 Å². The Kier molecular flexibility index (Phi) is 5.30. The van der Waals surface area contributed by atoms with Crippen LogP contribution in [0.1, 0.15) is 25.7 Å². The predicted molar refractivity (Wildman–Crippen MR) is 94.4 cm³/mol. The van der Waals surface area contributed by atoms with Crippen LogP contribution >= 0.6 is 12.2 Å². The van der Waals surface area contributed by atoms with Gasteiger partial charge in [0.25, 0.3) is 0 Å². The minimum absolute atomic E-state index is 0.193. The molecule has 0 spiro atoms. The maximum absolute atomic E-state index is 12.4. The van der Waals surface area contributed by atoms with Gasteiger partial charge in [-0.05, 0) is 55.7 Å². The summed E-state index contributed by atoms with van der Waals surface area (Å²) in [4.78, 5) is 14.3. The van der Waals surface area contributed by atoms with E-state index in [4.69, 9.17) is 17.0 Å². The molecule has 1 amide bonds. The molecular weight excluding hydrogens is 324 g/mol. The van der Waals surface area contributed by atoms with E-state index in [1.165, 1.54) is 6.42 Å². The number of methoxy groups -OCH3 is 1. The number of piperidine rings is 1. The Hall–Kier alpha value is -2.15. The van der Waals surface area contributed by atoms with Crippen LogP contribution < -0.4 is 4.74 Å². The molecule has 6 nitrogen and oxygen atoms in total. The van der Waals surface area contributed by atoms with Gasteiger partial charge in [-0.3, -0.25) is 14.5 Å². The monoisotopic (exact) mass is 346 g/mol. The molecule has 0 radical (unpaired) electrons. The summed E-state index contributed by atoms with van der Waals surface area (Å²) in [5.74, 6) is 1.73. The van der Waals surface area contributed by atoms with Gasteiger partial charge in [0.2, 0.25) is 5.91 Å². The largest absolute Gasteiger partial charge is 0.497 e. The van der Waals surface area contributed by atoms with Crippen molar-refractivity contribution in [1.82, 2.24) is 19.7 Å². The SMILES string of the molecule is COc1ccc(-c2n[nH]c(=S)n2CCC(=O)N2CCCCC2)cc1. The van der Waals surface area contributed by atoms with Crippen LogP contribution in [0.3, 0.4) is 0 Å². The van der Waals surface area contributed by atoms with Gasteiger partial charge < -0.3 is 9.64 Å². The highest BCUT2D eigenvalue weighted by Crippen LogP contribution is 2.21. The lowest BCUT2D eigenvalue weighted by molar-refractivity contribution is -0.132. The number of nitrogens with one attached hydrogen (secondary N) is 1. The number of H-pyrrole nitrogens is 1. The molecule has 0 aliphatic carbocycles. The van der Waals surface area contributed by atoms with Crippen molar-refractivity contribution in [3.8, 4) is 17.1 Å². The van der Waals surface area contributed by atoms with Crippen LogP contribution in [0.4, 0.5) is 0 Å². The normalized spacial score (nSPS) is 14.6. The van der Waals surface area contributed by atoms with Gasteiger partial charge in [0.1, 0.15) is 5.75 Å². The van der Waals surface area contributed by atoms with Gasteiger partial charge in [0, 0.05) is 31.6 Å². The van der Waals surface area contributed by atoms with E-state index in [1.807, 2.05) is 33.7 Å². The molecule has 3 rings (SSSR count). The standard InChI is InChI=1S/C17H22N4O2S/c1-23-14-7-5-13(6-8-14)16-18-19-17(24)21(16)12-9-15(22)20-10-3-2-4-11-20/h5-8H,2-4,9-12H2,1H3,(H,19,24). The van der Waals surface area contributed by atoms with E-state index < -0.39 is 0 Å². The molecule has 1 aliphatic heterocycles. The van der Waals surface area contributed by atoms with E-state index in [2.05, 4.69) is 10.2 Å². The highest BCUT2D eigenvalue weighted by molar-refractivity contribution is 7.71.